The van der Waals surface area contributed by atoms with Gasteiger partial charge in [-0.15, -0.1) is 22.9 Å². The molecule has 21 heavy (non-hydrogen) atoms. The molecule has 3 nitrogen and oxygen atoms in total. The molecule has 1 aromatic carbocycles. The minimum atomic E-state index is -0.677. The monoisotopic (exact) mass is 327 g/mol. The van der Waals surface area contributed by atoms with E-state index in [-0.39, 0.29) is 17.4 Å². The van der Waals surface area contributed by atoms with Crippen molar-refractivity contribution in [2.45, 2.75) is 25.3 Å². The summed E-state index contributed by atoms with van der Waals surface area (Å²) in [5, 5.41) is 2.74. The second-order valence-corrected chi connectivity index (χ2v) is 5.77. The molecule has 2 heterocycles. The molecule has 0 spiro atoms. The number of alkyl halides is 1. The van der Waals surface area contributed by atoms with Crippen LogP contribution in [0.3, 0.4) is 0 Å². The van der Waals surface area contributed by atoms with Gasteiger partial charge in [-0.3, -0.25) is 0 Å². The molecular formula is C14H12ClF2N3S. The van der Waals surface area contributed by atoms with Crippen molar-refractivity contribution in [3.8, 4) is 0 Å². The number of rotatable bonds is 4. The predicted octanol–water partition coefficient (Wildman–Crippen LogP) is 4.51. The molecule has 0 aliphatic heterocycles. The van der Waals surface area contributed by atoms with E-state index in [1.165, 1.54) is 17.4 Å². The SMILES string of the molecule is CCC(c1nccs1)n1c(CCl)nc2c(F)cc(F)cc21. The van der Waals surface area contributed by atoms with E-state index in [1.54, 1.807) is 10.8 Å². The number of hydrogen-bond donors (Lipinski definition) is 0. The maximum Gasteiger partial charge on any atom is 0.153 e. The van der Waals surface area contributed by atoms with Crippen molar-refractivity contribution >= 4 is 34.0 Å². The van der Waals surface area contributed by atoms with Crippen LogP contribution in [0.1, 0.15) is 30.2 Å². The van der Waals surface area contributed by atoms with Crippen LogP contribution < -0.4 is 0 Å². The van der Waals surface area contributed by atoms with Crippen LogP contribution in [0.5, 0.6) is 0 Å². The molecule has 3 aromatic rings. The van der Waals surface area contributed by atoms with E-state index >= 15 is 0 Å². The largest absolute Gasteiger partial charge is 0.317 e. The Hall–Kier alpha value is -1.53. The second kappa shape index (κ2) is 5.69. The number of thiazole rings is 1. The predicted molar refractivity (Wildman–Crippen MR) is 79.8 cm³/mol. The van der Waals surface area contributed by atoms with E-state index in [0.29, 0.717) is 11.3 Å². The Labute approximate surface area is 129 Å². The summed E-state index contributed by atoms with van der Waals surface area (Å²) >= 11 is 7.44. The zero-order valence-electron chi connectivity index (χ0n) is 11.2. The highest BCUT2D eigenvalue weighted by atomic mass is 35.5. The zero-order chi connectivity index (χ0) is 15.0. The highest BCUT2D eigenvalue weighted by molar-refractivity contribution is 7.09. The van der Waals surface area contributed by atoms with Crippen molar-refractivity contribution in [3.63, 3.8) is 0 Å². The van der Waals surface area contributed by atoms with Gasteiger partial charge in [-0.1, -0.05) is 6.92 Å². The number of fused-ring (bicyclic) bond motifs is 1. The van der Waals surface area contributed by atoms with Crippen molar-refractivity contribution < 1.29 is 8.78 Å². The van der Waals surface area contributed by atoms with Crippen LogP contribution in [-0.2, 0) is 5.88 Å². The Balaban J connectivity index is 2.29. The van der Waals surface area contributed by atoms with Gasteiger partial charge in [0.2, 0.25) is 0 Å². The first-order valence-electron chi connectivity index (χ1n) is 6.47. The lowest BCUT2D eigenvalue weighted by atomic mass is 10.2. The van der Waals surface area contributed by atoms with Crippen LogP contribution in [-0.4, -0.2) is 14.5 Å². The third-order valence-corrected chi connectivity index (χ3v) is 4.46. The molecule has 0 saturated carbocycles. The van der Waals surface area contributed by atoms with Gasteiger partial charge in [0, 0.05) is 23.7 Å². The summed E-state index contributed by atoms with van der Waals surface area (Å²) in [6.45, 7) is 1.99. The molecule has 0 radical (unpaired) electrons. The number of nitrogens with zero attached hydrogens (tertiary/aromatic N) is 3. The van der Waals surface area contributed by atoms with Gasteiger partial charge >= 0.3 is 0 Å². The molecule has 110 valence electrons. The number of aromatic nitrogens is 3. The fraction of sp³-hybridized carbons (Fsp3) is 0.286. The van der Waals surface area contributed by atoms with Crippen molar-refractivity contribution in [1.82, 2.24) is 14.5 Å². The van der Waals surface area contributed by atoms with Gasteiger partial charge in [-0.05, 0) is 6.42 Å². The maximum atomic E-state index is 13.9. The Bertz CT molecular complexity index is 770. The molecule has 3 rings (SSSR count). The second-order valence-electron chi connectivity index (χ2n) is 4.58. The summed E-state index contributed by atoms with van der Waals surface area (Å²) < 4.78 is 29.3. The topological polar surface area (TPSA) is 30.7 Å². The summed E-state index contributed by atoms with van der Waals surface area (Å²) in [5.74, 6) is -0.670. The quantitative estimate of drug-likeness (QED) is 0.660. The van der Waals surface area contributed by atoms with Crippen LogP contribution in [0.2, 0.25) is 0 Å². The lowest BCUT2D eigenvalue weighted by Crippen LogP contribution is -2.12. The smallest absolute Gasteiger partial charge is 0.153 e. The van der Waals surface area contributed by atoms with E-state index in [0.717, 1.165) is 17.5 Å². The molecule has 7 heteroatoms. The third-order valence-electron chi connectivity index (χ3n) is 3.34. The summed E-state index contributed by atoms with van der Waals surface area (Å²) in [6, 6.07) is 1.99. The Morgan fingerprint density at radius 3 is 2.81 bits per heavy atom. The molecule has 0 bridgehead atoms. The lowest BCUT2D eigenvalue weighted by molar-refractivity contribution is 0.558. The Kier molecular flexibility index (Phi) is 3.91. The van der Waals surface area contributed by atoms with Gasteiger partial charge in [-0.2, -0.15) is 0 Å². The first-order chi connectivity index (χ1) is 10.2. The van der Waals surface area contributed by atoms with Crippen LogP contribution in [0.25, 0.3) is 11.0 Å². The molecule has 0 amide bonds. The molecule has 1 atom stereocenters. The Morgan fingerprint density at radius 1 is 1.38 bits per heavy atom. The molecule has 0 fully saturated rings. The van der Waals surface area contributed by atoms with E-state index < -0.39 is 11.6 Å². The van der Waals surface area contributed by atoms with E-state index in [1.807, 2.05) is 12.3 Å². The molecule has 0 aliphatic rings. The average Bonchev–Trinajstić information content (AvgIpc) is 3.09. The fourth-order valence-electron chi connectivity index (χ4n) is 2.48. The number of halogens is 3. The van der Waals surface area contributed by atoms with Gasteiger partial charge < -0.3 is 4.57 Å². The molecule has 1 unspecified atom stereocenters. The summed E-state index contributed by atoms with van der Waals surface area (Å²) in [5.41, 5.74) is 0.548. The summed E-state index contributed by atoms with van der Waals surface area (Å²) in [4.78, 5) is 8.53. The highest BCUT2D eigenvalue weighted by Gasteiger charge is 2.23. The molecule has 0 saturated heterocycles. The first-order valence-corrected chi connectivity index (χ1v) is 7.88. The van der Waals surface area contributed by atoms with E-state index in [2.05, 4.69) is 9.97 Å². The molecule has 0 aliphatic carbocycles. The van der Waals surface area contributed by atoms with Crippen LogP contribution in [0.4, 0.5) is 8.78 Å². The lowest BCUT2D eigenvalue weighted by Gasteiger charge is -2.17. The first kappa shape index (κ1) is 14.4. The van der Waals surface area contributed by atoms with Crippen molar-refractivity contribution in [1.29, 1.82) is 0 Å². The standard InChI is InChI=1S/C14H12ClF2N3S/c1-2-10(14-18-3-4-21-14)20-11-6-8(16)5-9(17)13(11)19-12(20)7-15/h3-6,10H,2,7H2,1H3. The number of imidazole rings is 1. The normalized spacial score (nSPS) is 13.0. The van der Waals surface area contributed by atoms with E-state index in [9.17, 15) is 8.78 Å². The molecular weight excluding hydrogens is 316 g/mol. The fourth-order valence-corrected chi connectivity index (χ4v) is 3.48. The Morgan fingerprint density at radius 2 is 2.19 bits per heavy atom. The van der Waals surface area contributed by atoms with Gasteiger partial charge in [0.05, 0.1) is 17.4 Å². The number of benzene rings is 1. The van der Waals surface area contributed by atoms with Crippen LogP contribution >= 0.6 is 22.9 Å². The van der Waals surface area contributed by atoms with Gasteiger partial charge in [0.1, 0.15) is 22.2 Å². The van der Waals surface area contributed by atoms with Crippen molar-refractivity contribution in [2.75, 3.05) is 0 Å². The summed E-state index contributed by atoms with van der Waals surface area (Å²) in [6.07, 6.45) is 2.43. The summed E-state index contributed by atoms with van der Waals surface area (Å²) in [7, 11) is 0. The van der Waals surface area contributed by atoms with Gasteiger partial charge in [0.15, 0.2) is 5.82 Å². The highest BCUT2D eigenvalue weighted by Crippen LogP contribution is 2.31. The molecule has 2 aromatic heterocycles. The van der Waals surface area contributed by atoms with Crippen LogP contribution in [0, 0.1) is 11.6 Å². The van der Waals surface area contributed by atoms with Gasteiger partial charge in [-0.25, -0.2) is 18.7 Å². The van der Waals surface area contributed by atoms with Crippen molar-refractivity contribution in [2.24, 2.45) is 0 Å². The maximum absolute atomic E-state index is 13.9. The van der Waals surface area contributed by atoms with Crippen molar-refractivity contribution in [3.05, 3.63) is 46.2 Å². The zero-order valence-corrected chi connectivity index (χ0v) is 12.8. The third kappa shape index (κ3) is 2.42. The minimum absolute atomic E-state index is 0.123. The average molecular weight is 328 g/mol. The van der Waals surface area contributed by atoms with Gasteiger partial charge in [0.25, 0.3) is 0 Å². The van der Waals surface area contributed by atoms with E-state index in [4.69, 9.17) is 11.6 Å². The number of hydrogen-bond acceptors (Lipinski definition) is 3. The van der Waals surface area contributed by atoms with Crippen LogP contribution in [0.15, 0.2) is 23.7 Å². The minimum Gasteiger partial charge on any atom is -0.317 e. The molecule has 0 N–H and O–H groups in total.